The number of unbranched alkanes of at least 4 members (excludes halogenated alkanes) is 1. The molecule has 0 saturated heterocycles. The van der Waals surface area contributed by atoms with Crippen molar-refractivity contribution in [2.45, 2.75) is 32.7 Å². The average Bonchev–Trinajstić information content (AvgIpc) is 2.49. The first-order valence-electron chi connectivity index (χ1n) is 7.44. The van der Waals surface area contributed by atoms with Crippen LogP contribution < -0.4 is 5.32 Å². The third-order valence-electron chi connectivity index (χ3n) is 3.75. The Labute approximate surface area is 131 Å². The van der Waals surface area contributed by atoms with Gasteiger partial charge in [-0.25, -0.2) is 0 Å². The van der Waals surface area contributed by atoms with Gasteiger partial charge in [0.25, 0.3) is 0 Å². The lowest BCUT2D eigenvalue weighted by molar-refractivity contribution is 0.269. The molecule has 1 aromatic heterocycles. The summed E-state index contributed by atoms with van der Waals surface area (Å²) >= 11 is 6.07. The summed E-state index contributed by atoms with van der Waals surface area (Å²) in [5, 5.41) is 14.0. The van der Waals surface area contributed by atoms with Crippen LogP contribution in [0.1, 0.15) is 26.7 Å². The van der Waals surface area contributed by atoms with Crippen molar-refractivity contribution in [1.29, 1.82) is 0 Å². The van der Waals surface area contributed by atoms with Crippen molar-refractivity contribution in [2.75, 3.05) is 25.5 Å². The van der Waals surface area contributed by atoms with Crippen molar-refractivity contribution in [3.63, 3.8) is 0 Å². The lowest BCUT2D eigenvalue weighted by atomic mass is 10.2. The van der Waals surface area contributed by atoms with E-state index >= 15 is 0 Å². The van der Waals surface area contributed by atoms with Gasteiger partial charge < -0.3 is 10.2 Å². The van der Waals surface area contributed by atoms with Gasteiger partial charge in [-0.1, -0.05) is 35.9 Å². The first kappa shape index (κ1) is 16.0. The molecule has 0 saturated carbocycles. The van der Waals surface area contributed by atoms with Gasteiger partial charge in [0.05, 0.1) is 0 Å². The molecule has 5 heteroatoms. The van der Waals surface area contributed by atoms with Crippen molar-refractivity contribution in [3.05, 3.63) is 29.4 Å². The molecule has 2 aromatic rings. The highest BCUT2D eigenvalue weighted by molar-refractivity contribution is 6.34. The maximum atomic E-state index is 6.07. The van der Waals surface area contributed by atoms with E-state index in [4.69, 9.17) is 11.6 Å². The highest BCUT2D eigenvalue weighted by Gasteiger charge is 2.07. The Balaban J connectivity index is 1.88. The molecule has 4 nitrogen and oxygen atoms in total. The molecule has 21 heavy (non-hydrogen) atoms. The molecular formula is C16H23ClN4. The minimum absolute atomic E-state index is 0.453. The number of hydrogen-bond donors (Lipinski definition) is 1. The fourth-order valence-electron chi connectivity index (χ4n) is 2.15. The zero-order valence-electron chi connectivity index (χ0n) is 12.9. The van der Waals surface area contributed by atoms with Crippen molar-refractivity contribution < 1.29 is 0 Å². The number of rotatable bonds is 7. The number of anilines is 1. The summed E-state index contributed by atoms with van der Waals surface area (Å²) in [4.78, 5) is 2.36. The van der Waals surface area contributed by atoms with Crippen LogP contribution in [-0.2, 0) is 0 Å². The van der Waals surface area contributed by atoms with Gasteiger partial charge in [-0.15, -0.1) is 10.2 Å². The number of hydrogen-bond acceptors (Lipinski definition) is 4. The van der Waals surface area contributed by atoms with Crippen LogP contribution in [0.2, 0.25) is 5.15 Å². The summed E-state index contributed by atoms with van der Waals surface area (Å²) in [6, 6.07) is 8.54. The van der Waals surface area contributed by atoms with Gasteiger partial charge >= 0.3 is 0 Å². The summed E-state index contributed by atoms with van der Waals surface area (Å²) in [5.41, 5.74) is 0. The van der Waals surface area contributed by atoms with Crippen LogP contribution in [0.3, 0.4) is 0 Å². The maximum absolute atomic E-state index is 6.07. The molecule has 0 atom stereocenters. The number of benzene rings is 1. The molecule has 0 unspecified atom stereocenters. The van der Waals surface area contributed by atoms with E-state index in [2.05, 4.69) is 41.3 Å². The van der Waals surface area contributed by atoms with E-state index < -0.39 is 0 Å². The molecule has 114 valence electrons. The van der Waals surface area contributed by atoms with Crippen LogP contribution in [0.15, 0.2) is 24.3 Å². The third-order valence-corrected chi connectivity index (χ3v) is 4.03. The Bertz CT molecular complexity index is 585. The minimum Gasteiger partial charge on any atom is -0.368 e. The standard InChI is InChI=1S/C16H23ClN4/c1-12(2)21(3)11-7-6-10-18-16-14-9-5-4-8-13(14)15(17)19-20-16/h4-5,8-9,12H,6-7,10-11H2,1-3H3,(H,18,20). The monoisotopic (exact) mass is 306 g/mol. The zero-order valence-corrected chi connectivity index (χ0v) is 13.7. The van der Waals surface area contributed by atoms with Gasteiger partial charge in [0, 0.05) is 23.4 Å². The van der Waals surface area contributed by atoms with Crippen LogP contribution in [0.25, 0.3) is 10.8 Å². The van der Waals surface area contributed by atoms with Gasteiger partial charge in [-0.3, -0.25) is 0 Å². The highest BCUT2D eigenvalue weighted by Crippen LogP contribution is 2.25. The first-order chi connectivity index (χ1) is 10.1. The first-order valence-corrected chi connectivity index (χ1v) is 7.82. The maximum Gasteiger partial charge on any atom is 0.159 e. The third kappa shape index (κ3) is 4.29. The Hall–Kier alpha value is -1.39. The number of nitrogens with one attached hydrogen (secondary N) is 1. The van der Waals surface area contributed by atoms with Gasteiger partial charge in [-0.05, 0) is 40.3 Å². The van der Waals surface area contributed by atoms with E-state index in [1.54, 1.807) is 0 Å². The van der Waals surface area contributed by atoms with Crippen LogP contribution in [0.4, 0.5) is 5.82 Å². The van der Waals surface area contributed by atoms with Crippen molar-refractivity contribution >= 4 is 28.2 Å². The van der Waals surface area contributed by atoms with Crippen LogP contribution in [0.5, 0.6) is 0 Å². The normalized spacial score (nSPS) is 11.5. The fraction of sp³-hybridized carbons (Fsp3) is 0.500. The average molecular weight is 307 g/mol. The van der Waals surface area contributed by atoms with Crippen molar-refractivity contribution in [1.82, 2.24) is 15.1 Å². The quantitative estimate of drug-likeness (QED) is 0.790. The predicted octanol–water partition coefficient (Wildman–Crippen LogP) is 3.82. The molecule has 1 aromatic carbocycles. The van der Waals surface area contributed by atoms with Crippen LogP contribution in [-0.4, -0.2) is 41.3 Å². The molecule has 2 rings (SSSR count). The number of fused-ring (bicyclic) bond motifs is 1. The summed E-state index contributed by atoms with van der Waals surface area (Å²) in [7, 11) is 2.16. The molecule has 0 fully saturated rings. The van der Waals surface area contributed by atoms with E-state index in [9.17, 15) is 0 Å². The Kier molecular flexibility index (Phi) is 5.76. The molecule has 1 heterocycles. The van der Waals surface area contributed by atoms with Crippen molar-refractivity contribution in [3.8, 4) is 0 Å². The molecular weight excluding hydrogens is 284 g/mol. The van der Waals surface area contributed by atoms with Gasteiger partial charge in [0.1, 0.15) is 0 Å². The number of nitrogens with zero attached hydrogens (tertiary/aromatic N) is 3. The smallest absolute Gasteiger partial charge is 0.159 e. The topological polar surface area (TPSA) is 41.0 Å². The predicted molar refractivity (Wildman–Crippen MR) is 90.0 cm³/mol. The second kappa shape index (κ2) is 7.57. The zero-order chi connectivity index (χ0) is 15.2. The SMILES string of the molecule is CC(C)N(C)CCCCNc1nnc(Cl)c2ccccc12. The van der Waals surface area contributed by atoms with Crippen LogP contribution in [0, 0.1) is 0 Å². The molecule has 0 aliphatic heterocycles. The summed E-state index contributed by atoms with van der Waals surface area (Å²) in [6.45, 7) is 6.44. The second-order valence-corrected chi connectivity index (χ2v) is 5.95. The van der Waals surface area contributed by atoms with Gasteiger partial charge in [0.15, 0.2) is 11.0 Å². The molecule has 0 radical (unpaired) electrons. The molecule has 0 spiro atoms. The minimum atomic E-state index is 0.453. The lowest BCUT2D eigenvalue weighted by Gasteiger charge is -2.20. The summed E-state index contributed by atoms with van der Waals surface area (Å²) in [6.07, 6.45) is 2.27. The van der Waals surface area contributed by atoms with Gasteiger partial charge in [-0.2, -0.15) is 0 Å². The second-order valence-electron chi connectivity index (χ2n) is 5.59. The Morgan fingerprint density at radius 2 is 1.86 bits per heavy atom. The molecule has 0 aliphatic carbocycles. The van der Waals surface area contributed by atoms with Crippen molar-refractivity contribution in [2.24, 2.45) is 0 Å². The molecule has 0 amide bonds. The molecule has 1 N–H and O–H groups in total. The number of halogens is 1. The Morgan fingerprint density at radius 3 is 2.57 bits per heavy atom. The number of aromatic nitrogens is 2. The summed E-state index contributed by atoms with van der Waals surface area (Å²) < 4.78 is 0. The lowest BCUT2D eigenvalue weighted by Crippen LogP contribution is -2.27. The van der Waals surface area contributed by atoms with E-state index in [-0.39, 0.29) is 0 Å². The largest absolute Gasteiger partial charge is 0.368 e. The fourth-order valence-corrected chi connectivity index (χ4v) is 2.36. The molecule has 0 bridgehead atoms. The summed E-state index contributed by atoms with van der Waals surface area (Å²) in [5.74, 6) is 0.812. The highest BCUT2D eigenvalue weighted by atomic mass is 35.5. The van der Waals surface area contributed by atoms with Crippen LogP contribution >= 0.6 is 11.6 Å². The van der Waals surface area contributed by atoms with E-state index in [1.165, 1.54) is 6.42 Å². The van der Waals surface area contributed by atoms with E-state index in [0.29, 0.717) is 11.2 Å². The molecule has 0 aliphatic rings. The van der Waals surface area contributed by atoms with Gasteiger partial charge in [0.2, 0.25) is 0 Å². The Morgan fingerprint density at radius 1 is 1.14 bits per heavy atom. The van der Waals surface area contributed by atoms with E-state index in [0.717, 1.165) is 36.1 Å². The van der Waals surface area contributed by atoms with E-state index in [1.807, 2.05) is 24.3 Å².